The highest BCUT2D eigenvalue weighted by Gasteiger charge is 2.46. The molecule has 2 aromatic carbocycles. The van der Waals surface area contributed by atoms with Crippen LogP contribution in [0, 0.1) is 0 Å². The first-order chi connectivity index (χ1) is 15.7. The summed E-state index contributed by atoms with van der Waals surface area (Å²) in [6.45, 7) is -0.114. The van der Waals surface area contributed by atoms with Gasteiger partial charge in [0.05, 0.1) is 6.42 Å². The van der Waals surface area contributed by atoms with Crippen molar-refractivity contribution in [3.63, 3.8) is 0 Å². The molecule has 0 radical (unpaired) electrons. The van der Waals surface area contributed by atoms with E-state index >= 15 is 0 Å². The summed E-state index contributed by atoms with van der Waals surface area (Å²) >= 11 is 0. The van der Waals surface area contributed by atoms with Crippen molar-refractivity contribution in [3.05, 3.63) is 59.7 Å². The molecule has 174 valence electrons. The van der Waals surface area contributed by atoms with E-state index in [0.29, 0.717) is 0 Å². The largest absolute Gasteiger partial charge is 0.480 e. The molecule has 4 rings (SSSR count). The van der Waals surface area contributed by atoms with Crippen molar-refractivity contribution in [2.45, 2.75) is 37.0 Å². The quantitative estimate of drug-likeness (QED) is 0.685. The van der Waals surface area contributed by atoms with E-state index in [1.165, 1.54) is 0 Å². The summed E-state index contributed by atoms with van der Waals surface area (Å²) in [5, 5.41) is 10.7. The molecular formula is C23H21F3N2O5. The predicted octanol–water partition coefficient (Wildman–Crippen LogP) is 3.53. The lowest BCUT2D eigenvalue weighted by Crippen LogP contribution is -2.57. The van der Waals surface area contributed by atoms with Gasteiger partial charge in [-0.3, -0.25) is 4.79 Å². The third-order valence-electron chi connectivity index (χ3n) is 6.03. The Morgan fingerprint density at radius 2 is 1.64 bits per heavy atom. The number of nitrogens with one attached hydrogen (secondary N) is 1. The number of amides is 2. The fourth-order valence-electron chi connectivity index (χ4n) is 4.27. The number of alkyl halides is 3. The molecule has 1 aliphatic heterocycles. The number of halogens is 3. The van der Waals surface area contributed by atoms with E-state index in [4.69, 9.17) is 9.84 Å². The molecule has 2 atom stereocenters. The minimum atomic E-state index is -4.91. The first kappa shape index (κ1) is 22.6. The smallest absolute Gasteiger partial charge is 0.409 e. The molecule has 10 heteroatoms. The molecule has 7 nitrogen and oxygen atoms in total. The average Bonchev–Trinajstić information content (AvgIpc) is 3.04. The van der Waals surface area contributed by atoms with Crippen molar-refractivity contribution < 1.29 is 37.4 Å². The number of carboxylic acid groups (broad SMARTS) is 1. The van der Waals surface area contributed by atoms with Crippen molar-refractivity contribution in [2.24, 2.45) is 0 Å². The van der Waals surface area contributed by atoms with Crippen molar-refractivity contribution >= 4 is 18.0 Å². The van der Waals surface area contributed by atoms with Crippen LogP contribution < -0.4 is 5.32 Å². The normalized spacial score (nSPS) is 18.0. The Balaban J connectivity index is 1.41. The molecule has 2 unspecified atom stereocenters. The molecule has 0 spiro atoms. The zero-order valence-corrected chi connectivity index (χ0v) is 17.3. The van der Waals surface area contributed by atoms with Crippen LogP contribution in [0.5, 0.6) is 0 Å². The summed E-state index contributed by atoms with van der Waals surface area (Å²) in [6.07, 6.45) is -7.13. The molecule has 2 aromatic rings. The van der Waals surface area contributed by atoms with Crippen LogP contribution in [0.3, 0.4) is 0 Å². The van der Waals surface area contributed by atoms with Crippen LogP contribution >= 0.6 is 0 Å². The van der Waals surface area contributed by atoms with E-state index in [9.17, 15) is 27.6 Å². The number of hydrogen-bond donors (Lipinski definition) is 2. The van der Waals surface area contributed by atoms with Gasteiger partial charge in [-0.05, 0) is 28.7 Å². The minimum Gasteiger partial charge on any atom is -0.480 e. The third kappa shape index (κ3) is 4.50. The Morgan fingerprint density at radius 1 is 1.06 bits per heavy atom. The molecule has 2 amide bonds. The Hall–Kier alpha value is -3.56. The SMILES string of the molecule is O=C(NC(CC(=O)N1CCC1C(=O)O)C(F)(F)F)OCC1c2ccccc2-c2ccccc21. The van der Waals surface area contributed by atoms with Crippen LogP contribution in [0.1, 0.15) is 29.9 Å². The predicted molar refractivity (Wildman–Crippen MR) is 110 cm³/mol. The van der Waals surface area contributed by atoms with Crippen LogP contribution in [0.15, 0.2) is 48.5 Å². The van der Waals surface area contributed by atoms with Crippen LogP contribution in [0.2, 0.25) is 0 Å². The second-order valence-electron chi connectivity index (χ2n) is 8.00. The third-order valence-corrected chi connectivity index (χ3v) is 6.03. The molecule has 2 aliphatic rings. The van der Waals surface area contributed by atoms with E-state index in [0.717, 1.165) is 27.2 Å². The van der Waals surface area contributed by atoms with E-state index in [1.807, 2.05) is 48.5 Å². The van der Waals surface area contributed by atoms with Crippen LogP contribution in [0.4, 0.5) is 18.0 Å². The summed E-state index contributed by atoms with van der Waals surface area (Å²) < 4.78 is 45.5. The van der Waals surface area contributed by atoms with Gasteiger partial charge >= 0.3 is 18.2 Å². The van der Waals surface area contributed by atoms with Gasteiger partial charge in [-0.15, -0.1) is 0 Å². The van der Waals surface area contributed by atoms with Gasteiger partial charge in [-0.2, -0.15) is 13.2 Å². The number of carbonyl (C=O) groups excluding carboxylic acids is 2. The summed E-state index contributed by atoms with van der Waals surface area (Å²) in [4.78, 5) is 36.3. The zero-order valence-electron chi connectivity index (χ0n) is 17.3. The topological polar surface area (TPSA) is 95.9 Å². The lowest BCUT2D eigenvalue weighted by molar-refractivity contribution is -0.169. The van der Waals surface area contributed by atoms with Gasteiger partial charge in [0, 0.05) is 12.5 Å². The summed E-state index contributed by atoms with van der Waals surface area (Å²) in [5.41, 5.74) is 3.77. The maximum atomic E-state index is 13.5. The number of alkyl carbamates (subject to hydrolysis) is 1. The fraction of sp³-hybridized carbons (Fsp3) is 0.348. The number of ether oxygens (including phenoxy) is 1. The van der Waals surface area contributed by atoms with E-state index in [-0.39, 0.29) is 25.5 Å². The first-order valence-corrected chi connectivity index (χ1v) is 10.4. The van der Waals surface area contributed by atoms with Crippen molar-refractivity contribution in [2.75, 3.05) is 13.2 Å². The summed E-state index contributed by atoms with van der Waals surface area (Å²) in [6, 6.07) is 11.4. The molecule has 0 aromatic heterocycles. The second-order valence-corrected chi connectivity index (χ2v) is 8.00. The highest BCUT2D eigenvalue weighted by atomic mass is 19.4. The second kappa shape index (κ2) is 8.76. The van der Waals surface area contributed by atoms with Crippen molar-refractivity contribution in [1.29, 1.82) is 0 Å². The molecule has 1 heterocycles. The Morgan fingerprint density at radius 3 is 2.12 bits per heavy atom. The van der Waals surface area contributed by atoms with Crippen LogP contribution in [0.25, 0.3) is 11.1 Å². The van der Waals surface area contributed by atoms with Gasteiger partial charge in [0.2, 0.25) is 5.91 Å². The van der Waals surface area contributed by atoms with Crippen LogP contribution in [-0.2, 0) is 14.3 Å². The fourth-order valence-corrected chi connectivity index (χ4v) is 4.27. The number of nitrogens with zero attached hydrogens (tertiary/aromatic N) is 1. The number of rotatable bonds is 6. The maximum absolute atomic E-state index is 13.5. The van der Waals surface area contributed by atoms with E-state index in [2.05, 4.69) is 0 Å². The number of carbonyl (C=O) groups is 3. The number of carboxylic acids is 1. The number of fused-ring (bicyclic) bond motifs is 3. The van der Waals surface area contributed by atoms with Crippen LogP contribution in [-0.4, -0.2) is 59.4 Å². The Labute approximate surface area is 187 Å². The Bertz CT molecular complexity index is 1040. The lowest BCUT2D eigenvalue weighted by atomic mass is 9.98. The Kier molecular flexibility index (Phi) is 6.01. The summed E-state index contributed by atoms with van der Waals surface area (Å²) in [5.74, 6) is -2.59. The van der Waals surface area contributed by atoms with Gasteiger partial charge in [-0.25, -0.2) is 9.59 Å². The lowest BCUT2D eigenvalue weighted by Gasteiger charge is -2.38. The molecule has 0 saturated carbocycles. The van der Waals surface area contributed by atoms with Gasteiger partial charge in [0.15, 0.2) is 0 Å². The number of aliphatic carboxylic acids is 1. The van der Waals surface area contributed by atoms with E-state index in [1.54, 1.807) is 5.32 Å². The van der Waals surface area contributed by atoms with Gasteiger partial charge in [-0.1, -0.05) is 48.5 Å². The first-order valence-electron chi connectivity index (χ1n) is 10.4. The number of likely N-dealkylation sites (tertiary alicyclic amines) is 1. The van der Waals surface area contributed by atoms with E-state index < -0.39 is 42.7 Å². The molecule has 33 heavy (non-hydrogen) atoms. The minimum absolute atomic E-state index is 0.0608. The molecule has 1 saturated heterocycles. The van der Waals surface area contributed by atoms with Gasteiger partial charge in [0.25, 0.3) is 0 Å². The number of benzene rings is 2. The van der Waals surface area contributed by atoms with Gasteiger partial charge < -0.3 is 20.1 Å². The molecular weight excluding hydrogens is 441 g/mol. The van der Waals surface area contributed by atoms with Gasteiger partial charge in [0.1, 0.15) is 18.7 Å². The molecule has 2 N–H and O–H groups in total. The molecule has 1 aliphatic carbocycles. The summed E-state index contributed by atoms with van der Waals surface area (Å²) in [7, 11) is 0. The average molecular weight is 462 g/mol. The standard InChI is InChI=1S/C23H21F3N2O5/c24-23(25,26)19(11-20(29)28-10-9-18(28)21(30)31)27-22(32)33-12-17-15-7-3-1-5-13(15)14-6-2-4-8-16(14)17/h1-8,17-19H,9-12H2,(H,27,32)(H,30,31). The highest BCUT2D eigenvalue weighted by Crippen LogP contribution is 2.44. The van der Waals surface area contributed by atoms with Crippen molar-refractivity contribution in [3.8, 4) is 11.1 Å². The maximum Gasteiger partial charge on any atom is 0.409 e. The zero-order chi connectivity index (χ0) is 23.8. The molecule has 1 fully saturated rings. The molecule has 0 bridgehead atoms. The highest BCUT2D eigenvalue weighted by molar-refractivity contribution is 5.86. The van der Waals surface area contributed by atoms with Crippen molar-refractivity contribution in [1.82, 2.24) is 10.2 Å². The monoisotopic (exact) mass is 462 g/mol. The number of hydrogen-bond acceptors (Lipinski definition) is 4.